The molecule has 7 nitrogen and oxygen atoms in total. The first-order valence-corrected chi connectivity index (χ1v) is 9.32. The highest BCUT2D eigenvalue weighted by Crippen LogP contribution is 2.31. The van der Waals surface area contributed by atoms with E-state index in [0.717, 1.165) is 0 Å². The molecule has 1 heterocycles. The number of hydrogen-bond acceptors (Lipinski definition) is 7. The van der Waals surface area contributed by atoms with Gasteiger partial charge in [-0.15, -0.1) is 0 Å². The third-order valence-electron chi connectivity index (χ3n) is 5.20. The molecule has 7 heteroatoms. The van der Waals surface area contributed by atoms with Gasteiger partial charge in [0.25, 0.3) is 0 Å². The SMILES string of the molecule is CCC(N)(CC)C(=O)COc1cc(O)c2c(=O)c(-c3ccc(O)cc3)coc2c1. The van der Waals surface area contributed by atoms with Gasteiger partial charge in [0.05, 0.1) is 11.1 Å². The second-order valence-corrected chi connectivity index (χ2v) is 6.92. The summed E-state index contributed by atoms with van der Waals surface area (Å²) in [5.74, 6) is -0.292. The predicted octanol–water partition coefficient (Wildman–Crippen LogP) is 3.34. The van der Waals surface area contributed by atoms with Crippen LogP contribution in [0.25, 0.3) is 22.1 Å². The number of benzene rings is 2. The number of nitrogens with two attached hydrogens (primary N) is 1. The number of rotatable bonds is 7. The van der Waals surface area contributed by atoms with E-state index in [1.165, 1.54) is 30.5 Å². The van der Waals surface area contributed by atoms with E-state index in [0.29, 0.717) is 18.4 Å². The maximum atomic E-state index is 12.8. The fourth-order valence-corrected chi connectivity index (χ4v) is 3.07. The molecule has 4 N–H and O–H groups in total. The Hall–Kier alpha value is -3.32. The maximum Gasteiger partial charge on any atom is 0.204 e. The highest BCUT2D eigenvalue weighted by atomic mass is 16.5. The second-order valence-electron chi connectivity index (χ2n) is 6.92. The molecule has 0 saturated carbocycles. The molecule has 0 fully saturated rings. The molecule has 29 heavy (non-hydrogen) atoms. The van der Waals surface area contributed by atoms with E-state index in [1.54, 1.807) is 12.1 Å². The summed E-state index contributed by atoms with van der Waals surface area (Å²) in [7, 11) is 0. The summed E-state index contributed by atoms with van der Waals surface area (Å²) in [6.07, 6.45) is 2.26. The van der Waals surface area contributed by atoms with Gasteiger partial charge in [0.1, 0.15) is 41.1 Å². The molecule has 3 rings (SSSR count). The Morgan fingerprint density at radius 2 is 1.79 bits per heavy atom. The third-order valence-corrected chi connectivity index (χ3v) is 5.20. The van der Waals surface area contributed by atoms with Crippen LogP contribution in [0.1, 0.15) is 26.7 Å². The van der Waals surface area contributed by atoms with E-state index in [-0.39, 0.29) is 46.2 Å². The molecular formula is C22H23NO6. The quantitative estimate of drug-likeness (QED) is 0.559. The highest BCUT2D eigenvalue weighted by Gasteiger charge is 2.30. The van der Waals surface area contributed by atoms with Gasteiger partial charge in [0, 0.05) is 12.1 Å². The van der Waals surface area contributed by atoms with Gasteiger partial charge in [-0.05, 0) is 30.5 Å². The van der Waals surface area contributed by atoms with Gasteiger partial charge >= 0.3 is 0 Å². The molecule has 0 aliphatic carbocycles. The lowest BCUT2D eigenvalue weighted by Crippen LogP contribution is -2.49. The van der Waals surface area contributed by atoms with Crippen molar-refractivity contribution in [2.24, 2.45) is 5.73 Å². The number of ketones is 1. The minimum absolute atomic E-state index is 0.00420. The number of aromatic hydroxyl groups is 2. The summed E-state index contributed by atoms with van der Waals surface area (Å²) >= 11 is 0. The minimum Gasteiger partial charge on any atom is -0.508 e. The zero-order valence-corrected chi connectivity index (χ0v) is 16.3. The van der Waals surface area contributed by atoms with E-state index < -0.39 is 11.0 Å². The van der Waals surface area contributed by atoms with Crippen molar-refractivity contribution in [3.8, 4) is 28.4 Å². The van der Waals surface area contributed by atoms with Gasteiger partial charge in [-0.3, -0.25) is 9.59 Å². The van der Waals surface area contributed by atoms with Crippen molar-refractivity contribution in [1.82, 2.24) is 0 Å². The number of carbonyl (C=O) groups excluding carboxylic acids is 1. The maximum absolute atomic E-state index is 12.8. The molecule has 0 atom stereocenters. The van der Waals surface area contributed by atoms with Crippen LogP contribution in [0.15, 0.2) is 51.9 Å². The number of Topliss-reactive ketones (excluding diaryl/α,β-unsaturated/α-hetero) is 1. The second kappa shape index (κ2) is 7.97. The lowest BCUT2D eigenvalue weighted by Gasteiger charge is -2.24. The zero-order chi connectivity index (χ0) is 21.2. The Morgan fingerprint density at radius 3 is 2.41 bits per heavy atom. The van der Waals surface area contributed by atoms with Crippen LogP contribution < -0.4 is 15.9 Å². The average molecular weight is 397 g/mol. The number of phenolic OH excluding ortho intramolecular Hbond substituents is 2. The molecule has 0 bridgehead atoms. The van der Waals surface area contributed by atoms with Gasteiger partial charge < -0.3 is 25.1 Å². The van der Waals surface area contributed by atoms with Crippen molar-refractivity contribution in [2.75, 3.05) is 6.61 Å². The van der Waals surface area contributed by atoms with E-state index in [2.05, 4.69) is 0 Å². The van der Waals surface area contributed by atoms with Crippen molar-refractivity contribution in [3.05, 3.63) is 52.9 Å². The Kier molecular flexibility index (Phi) is 5.61. The summed E-state index contributed by atoms with van der Waals surface area (Å²) < 4.78 is 11.0. The predicted molar refractivity (Wildman–Crippen MR) is 109 cm³/mol. The first kappa shape index (κ1) is 20.4. The Labute approximate surface area is 167 Å². The van der Waals surface area contributed by atoms with Crippen molar-refractivity contribution in [3.63, 3.8) is 0 Å². The number of ether oxygens (including phenoxy) is 1. The Bertz CT molecular complexity index is 1100. The van der Waals surface area contributed by atoms with Crippen LogP contribution in [0, 0.1) is 0 Å². The molecule has 0 unspecified atom stereocenters. The third kappa shape index (κ3) is 3.95. The van der Waals surface area contributed by atoms with Crippen LogP contribution in [-0.4, -0.2) is 28.1 Å². The Morgan fingerprint density at radius 1 is 1.14 bits per heavy atom. The van der Waals surface area contributed by atoms with Crippen LogP contribution in [0.4, 0.5) is 0 Å². The summed E-state index contributed by atoms with van der Waals surface area (Å²) in [6, 6.07) is 8.78. The van der Waals surface area contributed by atoms with Crippen LogP contribution in [0.3, 0.4) is 0 Å². The highest BCUT2D eigenvalue weighted by molar-refractivity contribution is 5.90. The fraction of sp³-hybridized carbons (Fsp3) is 0.273. The molecule has 2 aromatic carbocycles. The molecular weight excluding hydrogens is 374 g/mol. The van der Waals surface area contributed by atoms with E-state index >= 15 is 0 Å². The van der Waals surface area contributed by atoms with Crippen LogP contribution >= 0.6 is 0 Å². The van der Waals surface area contributed by atoms with Crippen molar-refractivity contribution >= 4 is 16.8 Å². The molecule has 0 spiro atoms. The van der Waals surface area contributed by atoms with Crippen LogP contribution in [0.5, 0.6) is 17.2 Å². The Balaban J connectivity index is 1.92. The lowest BCUT2D eigenvalue weighted by atomic mass is 9.89. The lowest BCUT2D eigenvalue weighted by molar-refractivity contribution is -0.126. The molecule has 0 aliphatic rings. The standard InChI is InChI=1S/C22H23NO6/c1-3-22(23,4-2)19(26)12-28-15-9-17(25)20-18(10-15)29-11-16(21(20)27)13-5-7-14(24)8-6-13/h5-11,24-25H,3-4,12,23H2,1-2H3. The molecule has 152 valence electrons. The van der Waals surface area contributed by atoms with E-state index in [1.807, 2.05) is 13.8 Å². The monoisotopic (exact) mass is 397 g/mol. The van der Waals surface area contributed by atoms with Crippen molar-refractivity contribution < 1.29 is 24.2 Å². The molecule has 0 saturated heterocycles. The topological polar surface area (TPSA) is 123 Å². The van der Waals surface area contributed by atoms with Crippen molar-refractivity contribution in [2.45, 2.75) is 32.2 Å². The summed E-state index contributed by atoms with van der Waals surface area (Å²) in [5.41, 5.74) is 5.62. The number of carbonyl (C=O) groups is 1. The number of fused-ring (bicyclic) bond motifs is 1. The van der Waals surface area contributed by atoms with E-state index in [4.69, 9.17) is 14.9 Å². The van der Waals surface area contributed by atoms with Gasteiger partial charge in [-0.1, -0.05) is 26.0 Å². The fourth-order valence-electron chi connectivity index (χ4n) is 3.07. The van der Waals surface area contributed by atoms with Gasteiger partial charge in [0.2, 0.25) is 5.43 Å². The smallest absolute Gasteiger partial charge is 0.204 e. The van der Waals surface area contributed by atoms with Crippen LogP contribution in [-0.2, 0) is 4.79 Å². The molecule has 1 aromatic heterocycles. The molecule has 0 radical (unpaired) electrons. The molecule has 0 aliphatic heterocycles. The van der Waals surface area contributed by atoms with E-state index in [9.17, 15) is 19.8 Å². The largest absolute Gasteiger partial charge is 0.508 e. The minimum atomic E-state index is -0.954. The number of hydrogen-bond donors (Lipinski definition) is 3. The first-order valence-electron chi connectivity index (χ1n) is 9.32. The molecule has 3 aromatic rings. The molecule has 0 amide bonds. The van der Waals surface area contributed by atoms with Gasteiger partial charge in [-0.2, -0.15) is 0 Å². The number of phenols is 2. The average Bonchev–Trinajstić information content (AvgIpc) is 2.72. The van der Waals surface area contributed by atoms with Gasteiger partial charge in [0.15, 0.2) is 5.78 Å². The summed E-state index contributed by atoms with van der Waals surface area (Å²) in [6.45, 7) is 3.42. The van der Waals surface area contributed by atoms with Gasteiger partial charge in [-0.25, -0.2) is 0 Å². The van der Waals surface area contributed by atoms with Crippen LogP contribution in [0.2, 0.25) is 0 Å². The zero-order valence-electron chi connectivity index (χ0n) is 16.3. The van der Waals surface area contributed by atoms with Crippen molar-refractivity contribution in [1.29, 1.82) is 0 Å². The normalized spacial score (nSPS) is 11.6. The first-order chi connectivity index (χ1) is 13.8. The summed E-state index contributed by atoms with van der Waals surface area (Å²) in [4.78, 5) is 25.2. The summed E-state index contributed by atoms with van der Waals surface area (Å²) in [5, 5.41) is 19.8.